The third-order valence-electron chi connectivity index (χ3n) is 5.51. The van der Waals surface area contributed by atoms with Crippen molar-refractivity contribution in [1.29, 1.82) is 0 Å². The summed E-state index contributed by atoms with van der Waals surface area (Å²) >= 11 is 2.92. The van der Waals surface area contributed by atoms with E-state index < -0.39 is 5.97 Å². The number of ether oxygens (including phenoxy) is 3. The first-order valence-electron chi connectivity index (χ1n) is 11.4. The number of hydrogen-bond acceptors (Lipinski definition) is 7. The highest BCUT2D eigenvalue weighted by Crippen LogP contribution is 2.37. The average molecular weight is 629 g/mol. The van der Waals surface area contributed by atoms with Crippen LogP contribution >= 0.6 is 34.4 Å². The van der Waals surface area contributed by atoms with E-state index in [9.17, 15) is 14.4 Å². The monoisotopic (exact) mass is 629 g/mol. The molecule has 9 heteroatoms. The number of hydrogen-bond donors (Lipinski definition) is 0. The Labute approximate surface area is 232 Å². The minimum absolute atomic E-state index is 0.143. The molecule has 3 aromatic rings. The maximum absolute atomic E-state index is 12.9. The molecule has 7 nitrogen and oxygen atoms in total. The second-order valence-electron chi connectivity index (χ2n) is 8.28. The maximum atomic E-state index is 12.9. The number of imide groups is 1. The van der Waals surface area contributed by atoms with Crippen molar-refractivity contribution < 1.29 is 28.6 Å². The quantitative estimate of drug-likeness (QED) is 0.126. The Balaban J connectivity index is 1.46. The molecular weight excluding hydrogens is 605 g/mol. The summed E-state index contributed by atoms with van der Waals surface area (Å²) in [4.78, 5) is 39.5. The van der Waals surface area contributed by atoms with Crippen LogP contribution in [-0.4, -0.2) is 42.3 Å². The van der Waals surface area contributed by atoms with Gasteiger partial charge in [0, 0.05) is 0 Å². The fourth-order valence-electron chi connectivity index (χ4n) is 3.50. The van der Waals surface area contributed by atoms with Gasteiger partial charge < -0.3 is 14.2 Å². The van der Waals surface area contributed by atoms with E-state index >= 15 is 0 Å². The van der Waals surface area contributed by atoms with Crippen LogP contribution in [0.1, 0.15) is 27.0 Å². The van der Waals surface area contributed by atoms with Gasteiger partial charge in [0.05, 0.1) is 27.7 Å². The predicted octanol–water partition coefficient (Wildman–Crippen LogP) is 6.25. The van der Waals surface area contributed by atoms with Crippen LogP contribution in [0.4, 0.5) is 4.79 Å². The van der Waals surface area contributed by atoms with Gasteiger partial charge in [0.2, 0.25) is 0 Å². The molecule has 0 spiro atoms. The zero-order chi connectivity index (χ0) is 26.5. The summed E-state index contributed by atoms with van der Waals surface area (Å²) in [5, 5.41) is -0.353. The Morgan fingerprint density at radius 2 is 1.65 bits per heavy atom. The summed E-state index contributed by atoms with van der Waals surface area (Å²) in [6, 6.07) is 18.1. The number of carbonyl (C=O) groups excluding carboxylic acids is 3. The number of nitrogens with zero attached hydrogens (tertiary/aromatic N) is 1. The predicted molar refractivity (Wildman–Crippen MR) is 151 cm³/mol. The van der Waals surface area contributed by atoms with Gasteiger partial charge in [-0.15, -0.1) is 0 Å². The molecule has 0 aromatic heterocycles. The second-order valence-corrected chi connectivity index (χ2v) is 10.4. The number of halogens is 1. The van der Waals surface area contributed by atoms with E-state index in [-0.39, 0.29) is 30.0 Å². The topological polar surface area (TPSA) is 82.1 Å². The van der Waals surface area contributed by atoms with E-state index in [0.29, 0.717) is 31.1 Å². The Hall–Kier alpha value is -3.31. The largest absolute Gasteiger partial charge is 0.493 e. The van der Waals surface area contributed by atoms with Crippen molar-refractivity contribution in [3.8, 4) is 17.2 Å². The first kappa shape index (κ1) is 26.7. The highest BCUT2D eigenvalue weighted by atomic mass is 127. The van der Waals surface area contributed by atoms with E-state index in [2.05, 4.69) is 0 Å². The smallest absolute Gasteiger partial charge is 0.343 e. The lowest BCUT2D eigenvalue weighted by molar-refractivity contribution is -0.123. The van der Waals surface area contributed by atoms with E-state index in [1.165, 1.54) is 12.0 Å². The standard InChI is InChI=1S/C28H24INO6S/c1-17-4-8-20(9-5-17)27(32)36-25-22(29)14-19(15-23(25)34-3)16-24-26(31)30(28(33)37-24)12-13-35-21-10-6-18(2)7-11-21/h4-11,14-16H,12-13H2,1-3H3/b24-16-. The SMILES string of the molecule is COc1cc(/C=C2\SC(=O)N(CCOc3ccc(C)cc3)C2=O)cc(I)c1OC(=O)c1ccc(C)cc1. The van der Waals surface area contributed by atoms with Gasteiger partial charge in [-0.3, -0.25) is 14.5 Å². The first-order chi connectivity index (χ1) is 17.7. The van der Waals surface area contributed by atoms with Crippen LogP contribution in [0.5, 0.6) is 17.2 Å². The molecule has 0 radical (unpaired) electrons. The first-order valence-corrected chi connectivity index (χ1v) is 13.3. The number of amides is 2. The average Bonchev–Trinajstić information content (AvgIpc) is 3.14. The lowest BCUT2D eigenvalue weighted by Crippen LogP contribution is -2.32. The number of rotatable bonds is 8. The Bertz CT molecular complexity index is 1370. The number of esters is 1. The summed E-state index contributed by atoms with van der Waals surface area (Å²) in [5.74, 6) is 0.416. The van der Waals surface area contributed by atoms with Gasteiger partial charge in [-0.2, -0.15) is 0 Å². The van der Waals surface area contributed by atoms with Crippen molar-refractivity contribution in [2.45, 2.75) is 13.8 Å². The van der Waals surface area contributed by atoms with Crippen LogP contribution < -0.4 is 14.2 Å². The van der Waals surface area contributed by atoms with E-state index in [1.807, 2.05) is 72.8 Å². The molecule has 1 fully saturated rings. The Morgan fingerprint density at radius 1 is 1.00 bits per heavy atom. The number of carbonyl (C=O) groups is 3. The van der Waals surface area contributed by atoms with Crippen molar-refractivity contribution in [2.24, 2.45) is 0 Å². The molecule has 1 saturated heterocycles. The van der Waals surface area contributed by atoms with Gasteiger partial charge in [-0.25, -0.2) is 4.79 Å². The van der Waals surface area contributed by atoms with Crippen LogP contribution in [0.15, 0.2) is 65.6 Å². The zero-order valence-electron chi connectivity index (χ0n) is 20.4. The molecule has 4 rings (SSSR count). The maximum Gasteiger partial charge on any atom is 0.343 e. The van der Waals surface area contributed by atoms with E-state index in [0.717, 1.165) is 22.9 Å². The number of thioether (sulfide) groups is 1. The molecule has 0 bridgehead atoms. The minimum Gasteiger partial charge on any atom is -0.493 e. The molecule has 190 valence electrons. The van der Waals surface area contributed by atoms with Gasteiger partial charge in [-0.1, -0.05) is 35.4 Å². The Morgan fingerprint density at radius 3 is 2.30 bits per heavy atom. The molecule has 0 unspecified atom stereocenters. The molecule has 0 atom stereocenters. The van der Waals surface area contributed by atoms with Gasteiger partial charge in [-0.05, 0) is 96.2 Å². The summed E-state index contributed by atoms with van der Waals surface area (Å²) in [5.41, 5.74) is 3.22. The molecule has 1 aliphatic heterocycles. The third-order valence-corrected chi connectivity index (χ3v) is 7.22. The van der Waals surface area contributed by atoms with Crippen LogP contribution in [0, 0.1) is 17.4 Å². The number of methoxy groups -OCH3 is 1. The molecule has 3 aromatic carbocycles. The summed E-state index contributed by atoms with van der Waals surface area (Å²) in [6.07, 6.45) is 1.63. The van der Waals surface area contributed by atoms with Crippen molar-refractivity contribution in [3.63, 3.8) is 0 Å². The van der Waals surface area contributed by atoms with Gasteiger partial charge in [0.25, 0.3) is 11.1 Å². The molecule has 2 amide bonds. The van der Waals surface area contributed by atoms with Gasteiger partial charge in [0.15, 0.2) is 11.5 Å². The van der Waals surface area contributed by atoms with Crippen LogP contribution in [-0.2, 0) is 4.79 Å². The van der Waals surface area contributed by atoms with Crippen molar-refractivity contribution >= 4 is 57.5 Å². The molecule has 37 heavy (non-hydrogen) atoms. The molecule has 1 heterocycles. The highest BCUT2D eigenvalue weighted by molar-refractivity contribution is 14.1. The van der Waals surface area contributed by atoms with Crippen LogP contribution in [0.3, 0.4) is 0 Å². The summed E-state index contributed by atoms with van der Waals surface area (Å²) < 4.78 is 17.4. The van der Waals surface area contributed by atoms with Crippen molar-refractivity contribution in [3.05, 3.63) is 91.4 Å². The van der Waals surface area contributed by atoms with E-state index in [1.54, 1.807) is 30.3 Å². The molecule has 0 N–H and O–H groups in total. The fraction of sp³-hybridized carbons (Fsp3) is 0.179. The lowest BCUT2D eigenvalue weighted by Gasteiger charge is -2.13. The van der Waals surface area contributed by atoms with E-state index in [4.69, 9.17) is 14.2 Å². The minimum atomic E-state index is -0.502. The molecule has 0 saturated carbocycles. The second kappa shape index (κ2) is 11.8. The third kappa shape index (κ3) is 6.53. The molecular formula is C28H24INO6S. The normalized spacial score (nSPS) is 14.3. The summed E-state index contributed by atoms with van der Waals surface area (Å²) in [6.45, 7) is 4.26. The zero-order valence-corrected chi connectivity index (χ0v) is 23.4. The molecule has 0 aliphatic carbocycles. The van der Waals surface area contributed by atoms with Crippen molar-refractivity contribution in [2.75, 3.05) is 20.3 Å². The number of benzene rings is 3. The van der Waals surface area contributed by atoms with Crippen molar-refractivity contribution in [1.82, 2.24) is 4.90 Å². The van der Waals surface area contributed by atoms with Gasteiger partial charge >= 0.3 is 5.97 Å². The van der Waals surface area contributed by atoms with Crippen LogP contribution in [0.25, 0.3) is 6.08 Å². The van der Waals surface area contributed by atoms with Crippen LogP contribution in [0.2, 0.25) is 0 Å². The lowest BCUT2D eigenvalue weighted by atomic mass is 10.1. The fourth-order valence-corrected chi connectivity index (χ4v) is 5.10. The highest BCUT2D eigenvalue weighted by Gasteiger charge is 2.35. The van der Waals surface area contributed by atoms with Gasteiger partial charge in [0.1, 0.15) is 12.4 Å². The molecule has 1 aliphatic rings. The number of aryl methyl sites for hydroxylation is 2. The summed E-state index contributed by atoms with van der Waals surface area (Å²) in [7, 11) is 1.47. The Kier molecular flexibility index (Phi) is 8.55.